The second kappa shape index (κ2) is 9.00. The molecule has 1 rings (SSSR count). The minimum absolute atomic E-state index is 0.657. The maximum Gasteiger partial charge on any atom is 0.0218 e. The maximum absolute atomic E-state index is 5.93. The fourth-order valence-corrected chi connectivity index (χ4v) is 2.72. The van der Waals surface area contributed by atoms with E-state index in [1.165, 1.54) is 70.9 Å². The molecule has 0 aromatic carbocycles. The van der Waals surface area contributed by atoms with Gasteiger partial charge in [0.25, 0.3) is 0 Å². The van der Waals surface area contributed by atoms with Crippen LogP contribution in [0.5, 0.6) is 0 Å². The van der Waals surface area contributed by atoms with E-state index < -0.39 is 0 Å². The highest BCUT2D eigenvalue weighted by atomic mass is 15.2. The summed E-state index contributed by atoms with van der Waals surface area (Å²) in [6, 6.07) is 0.657. The molecule has 1 aliphatic heterocycles. The lowest BCUT2D eigenvalue weighted by Gasteiger charge is -2.32. The summed E-state index contributed by atoms with van der Waals surface area (Å²) in [5.41, 5.74) is 5.93. The van der Waals surface area contributed by atoms with Crippen molar-refractivity contribution in [1.82, 2.24) is 4.90 Å². The molecule has 0 spiro atoms. The molecule has 2 heteroatoms. The van der Waals surface area contributed by atoms with E-state index in [-0.39, 0.29) is 0 Å². The van der Waals surface area contributed by atoms with Gasteiger partial charge in [0.1, 0.15) is 0 Å². The lowest BCUT2D eigenvalue weighted by molar-refractivity contribution is 0.172. The van der Waals surface area contributed by atoms with Gasteiger partial charge in [-0.1, -0.05) is 45.4 Å². The third-order valence-corrected chi connectivity index (χ3v) is 3.82. The lowest BCUT2D eigenvalue weighted by Crippen LogP contribution is -2.42. The number of nitrogens with two attached hydrogens (primary N) is 1. The van der Waals surface area contributed by atoms with Crippen LogP contribution in [0.15, 0.2) is 0 Å². The molecular weight excluding hydrogens is 196 g/mol. The van der Waals surface area contributed by atoms with Crippen LogP contribution in [0.4, 0.5) is 0 Å². The Labute approximate surface area is 102 Å². The fraction of sp³-hybridized carbons (Fsp3) is 1.00. The fourth-order valence-electron chi connectivity index (χ4n) is 2.72. The van der Waals surface area contributed by atoms with Crippen LogP contribution in [0.1, 0.15) is 64.7 Å². The predicted octanol–water partition coefficient (Wildman–Crippen LogP) is 3.16. The summed E-state index contributed by atoms with van der Waals surface area (Å²) in [5.74, 6) is 0. The Hall–Kier alpha value is -0.0800. The van der Waals surface area contributed by atoms with Gasteiger partial charge in [0.2, 0.25) is 0 Å². The van der Waals surface area contributed by atoms with E-state index in [2.05, 4.69) is 11.8 Å². The second-order valence-electron chi connectivity index (χ2n) is 5.19. The molecule has 96 valence electrons. The van der Waals surface area contributed by atoms with Crippen LogP contribution < -0.4 is 5.73 Å². The second-order valence-corrected chi connectivity index (χ2v) is 5.19. The van der Waals surface area contributed by atoms with Gasteiger partial charge in [-0.15, -0.1) is 0 Å². The standard InChI is InChI=1S/C14H30N2/c1-2-3-7-10-14(13-15)16-11-8-5-4-6-9-12-16/h14H,2-13,15H2,1H3. The molecule has 2 nitrogen and oxygen atoms in total. The largest absolute Gasteiger partial charge is 0.329 e. The molecule has 0 aromatic heterocycles. The first-order valence-electron chi connectivity index (χ1n) is 7.32. The molecule has 1 heterocycles. The Balaban J connectivity index is 2.29. The van der Waals surface area contributed by atoms with Crippen molar-refractivity contribution < 1.29 is 0 Å². The third-order valence-electron chi connectivity index (χ3n) is 3.82. The number of likely N-dealkylation sites (tertiary alicyclic amines) is 1. The van der Waals surface area contributed by atoms with Gasteiger partial charge in [0.05, 0.1) is 0 Å². The molecule has 1 aliphatic rings. The van der Waals surface area contributed by atoms with Crippen LogP contribution in [-0.4, -0.2) is 30.6 Å². The molecule has 0 amide bonds. The highest BCUT2D eigenvalue weighted by Crippen LogP contribution is 2.15. The van der Waals surface area contributed by atoms with E-state index >= 15 is 0 Å². The first kappa shape index (κ1) is 14.0. The third kappa shape index (κ3) is 5.31. The lowest BCUT2D eigenvalue weighted by atomic mass is 10.0. The Bertz CT molecular complexity index is 151. The Kier molecular flexibility index (Phi) is 7.87. The Morgan fingerprint density at radius 1 is 1.00 bits per heavy atom. The van der Waals surface area contributed by atoms with Crippen molar-refractivity contribution in [3.8, 4) is 0 Å². The van der Waals surface area contributed by atoms with Crippen LogP contribution in [0, 0.1) is 0 Å². The molecule has 0 bridgehead atoms. The van der Waals surface area contributed by atoms with Crippen molar-refractivity contribution in [1.29, 1.82) is 0 Å². The zero-order valence-corrected chi connectivity index (χ0v) is 11.1. The van der Waals surface area contributed by atoms with E-state index in [4.69, 9.17) is 5.73 Å². The Morgan fingerprint density at radius 2 is 1.62 bits per heavy atom. The number of hydrogen-bond acceptors (Lipinski definition) is 2. The zero-order valence-electron chi connectivity index (χ0n) is 11.1. The van der Waals surface area contributed by atoms with Gasteiger partial charge in [-0.05, 0) is 32.4 Å². The number of unbranched alkanes of at least 4 members (excludes halogenated alkanes) is 2. The number of rotatable bonds is 6. The van der Waals surface area contributed by atoms with Crippen LogP contribution in [0.2, 0.25) is 0 Å². The van der Waals surface area contributed by atoms with Gasteiger partial charge in [-0.25, -0.2) is 0 Å². The van der Waals surface area contributed by atoms with Gasteiger partial charge in [-0.2, -0.15) is 0 Å². The molecule has 1 atom stereocenters. The molecule has 16 heavy (non-hydrogen) atoms. The number of nitrogens with zero attached hydrogens (tertiary/aromatic N) is 1. The van der Waals surface area contributed by atoms with Crippen molar-refractivity contribution in [2.45, 2.75) is 70.8 Å². The summed E-state index contributed by atoms with van der Waals surface area (Å²) >= 11 is 0. The van der Waals surface area contributed by atoms with E-state index in [0.29, 0.717) is 6.04 Å². The smallest absolute Gasteiger partial charge is 0.0218 e. The van der Waals surface area contributed by atoms with Gasteiger partial charge in [0.15, 0.2) is 0 Å². The van der Waals surface area contributed by atoms with Crippen molar-refractivity contribution >= 4 is 0 Å². The summed E-state index contributed by atoms with van der Waals surface area (Å²) < 4.78 is 0. The molecule has 0 aromatic rings. The summed E-state index contributed by atoms with van der Waals surface area (Å²) in [6.07, 6.45) is 12.4. The first-order chi connectivity index (χ1) is 7.88. The normalized spacial score (nSPS) is 21.4. The highest BCUT2D eigenvalue weighted by Gasteiger charge is 2.17. The number of hydrogen-bond donors (Lipinski definition) is 1. The van der Waals surface area contributed by atoms with Crippen molar-refractivity contribution in [3.63, 3.8) is 0 Å². The van der Waals surface area contributed by atoms with Crippen LogP contribution in [-0.2, 0) is 0 Å². The average Bonchev–Trinajstić information content (AvgIpc) is 2.25. The highest BCUT2D eigenvalue weighted by molar-refractivity contribution is 4.74. The van der Waals surface area contributed by atoms with Crippen LogP contribution in [0.3, 0.4) is 0 Å². The van der Waals surface area contributed by atoms with Crippen molar-refractivity contribution in [3.05, 3.63) is 0 Å². The van der Waals surface area contributed by atoms with Gasteiger partial charge in [-0.3, -0.25) is 4.90 Å². The molecule has 0 aliphatic carbocycles. The van der Waals surface area contributed by atoms with E-state index in [1.807, 2.05) is 0 Å². The maximum atomic E-state index is 5.93. The van der Waals surface area contributed by atoms with Gasteiger partial charge < -0.3 is 5.73 Å². The molecule has 0 radical (unpaired) electrons. The predicted molar refractivity (Wildman–Crippen MR) is 71.6 cm³/mol. The topological polar surface area (TPSA) is 29.3 Å². The Morgan fingerprint density at radius 3 is 2.19 bits per heavy atom. The first-order valence-corrected chi connectivity index (χ1v) is 7.32. The van der Waals surface area contributed by atoms with Crippen LogP contribution in [0.25, 0.3) is 0 Å². The quantitative estimate of drug-likeness (QED) is 0.705. The zero-order chi connectivity index (χ0) is 11.6. The van der Waals surface area contributed by atoms with Gasteiger partial charge >= 0.3 is 0 Å². The molecular formula is C14H30N2. The monoisotopic (exact) mass is 226 g/mol. The minimum atomic E-state index is 0.657. The molecule has 0 saturated carbocycles. The van der Waals surface area contributed by atoms with Crippen molar-refractivity contribution in [2.75, 3.05) is 19.6 Å². The van der Waals surface area contributed by atoms with Gasteiger partial charge in [0, 0.05) is 12.6 Å². The molecule has 1 saturated heterocycles. The molecule has 1 unspecified atom stereocenters. The van der Waals surface area contributed by atoms with E-state index in [1.54, 1.807) is 0 Å². The molecule has 2 N–H and O–H groups in total. The van der Waals surface area contributed by atoms with Crippen molar-refractivity contribution in [2.24, 2.45) is 5.73 Å². The summed E-state index contributed by atoms with van der Waals surface area (Å²) in [6.45, 7) is 5.69. The van der Waals surface area contributed by atoms with Crippen LogP contribution >= 0.6 is 0 Å². The SMILES string of the molecule is CCCCCC(CN)N1CCCCCCC1. The summed E-state index contributed by atoms with van der Waals surface area (Å²) in [4.78, 5) is 2.66. The minimum Gasteiger partial charge on any atom is -0.329 e. The van der Waals surface area contributed by atoms with E-state index in [0.717, 1.165) is 6.54 Å². The average molecular weight is 226 g/mol. The summed E-state index contributed by atoms with van der Waals surface area (Å²) in [7, 11) is 0. The molecule has 1 fully saturated rings. The van der Waals surface area contributed by atoms with E-state index in [9.17, 15) is 0 Å². The summed E-state index contributed by atoms with van der Waals surface area (Å²) in [5, 5.41) is 0.